The van der Waals surface area contributed by atoms with Crippen LogP contribution in [-0.4, -0.2) is 59.5 Å². The molecule has 3 aromatic rings. The lowest BCUT2D eigenvalue weighted by Gasteiger charge is -2.47. The van der Waals surface area contributed by atoms with Crippen LogP contribution in [0.1, 0.15) is 70.8 Å². The van der Waals surface area contributed by atoms with E-state index in [0.29, 0.717) is 17.2 Å². The zero-order valence-electron chi connectivity index (χ0n) is 27.7. The fourth-order valence-corrected chi connectivity index (χ4v) is 8.00. The van der Waals surface area contributed by atoms with E-state index in [4.69, 9.17) is 0 Å². The predicted molar refractivity (Wildman–Crippen MR) is 175 cm³/mol. The Bertz CT molecular complexity index is 1700. The molecule has 4 atom stereocenters. The highest BCUT2D eigenvalue weighted by molar-refractivity contribution is 5.98. The van der Waals surface area contributed by atoms with E-state index in [2.05, 4.69) is 10.6 Å². The molecule has 1 saturated carbocycles. The van der Waals surface area contributed by atoms with Crippen LogP contribution in [0.15, 0.2) is 60.7 Å². The molecule has 1 aliphatic carbocycles. The second kappa shape index (κ2) is 13.9. The number of likely N-dealkylation sites (tertiary alicyclic amines) is 2. The SMILES string of the molecule is Cc1ccc(NC(=O)C2CC3CN(CC(F)(F)F)CC3N(C(=O)c3c(C)cccc3F)C2c2ccc(NC3CCCC3)cc2)cc1C(F)(F)F. The molecule has 3 fully saturated rings. The zero-order valence-corrected chi connectivity index (χ0v) is 27.7. The summed E-state index contributed by atoms with van der Waals surface area (Å²) in [5.74, 6) is -3.97. The van der Waals surface area contributed by atoms with Gasteiger partial charge in [0.2, 0.25) is 5.91 Å². The van der Waals surface area contributed by atoms with E-state index in [1.54, 1.807) is 25.1 Å². The molecule has 2 N–H and O–H groups in total. The Morgan fingerprint density at radius 3 is 2.18 bits per heavy atom. The minimum absolute atomic E-state index is 0.0343. The highest BCUT2D eigenvalue weighted by Gasteiger charge is 2.53. The lowest BCUT2D eigenvalue weighted by molar-refractivity contribution is -0.144. The van der Waals surface area contributed by atoms with Gasteiger partial charge in [0.15, 0.2) is 0 Å². The summed E-state index contributed by atoms with van der Waals surface area (Å²) in [6.07, 6.45) is -4.89. The average molecular weight is 705 g/mol. The topological polar surface area (TPSA) is 64.7 Å². The number of carbonyl (C=O) groups is 2. The quantitative estimate of drug-likeness (QED) is 0.242. The normalized spacial score (nSPS) is 23.2. The van der Waals surface area contributed by atoms with Crippen molar-refractivity contribution in [1.29, 1.82) is 0 Å². The lowest BCUT2D eigenvalue weighted by Crippen LogP contribution is -2.55. The molecular weight excluding hydrogens is 665 g/mol. The van der Waals surface area contributed by atoms with Gasteiger partial charge in [0.1, 0.15) is 5.82 Å². The third-order valence-corrected chi connectivity index (χ3v) is 10.3. The number of fused-ring (bicyclic) bond motifs is 1. The van der Waals surface area contributed by atoms with Crippen LogP contribution in [0.5, 0.6) is 0 Å². The van der Waals surface area contributed by atoms with Gasteiger partial charge in [0, 0.05) is 36.5 Å². The number of nitrogens with one attached hydrogen (secondary N) is 2. The van der Waals surface area contributed by atoms with Crippen molar-refractivity contribution < 1.29 is 40.3 Å². The van der Waals surface area contributed by atoms with E-state index in [1.807, 2.05) is 12.1 Å². The standard InChI is InChI=1S/C37H39F7N4O2/c1-21-10-13-27(17-29(21)37(42,43)44)46-34(49)28-16-24-18-47(20-36(39,40)41)19-31(24)48(35(50)32-22(2)6-5-9-30(32)38)33(28)23-11-14-26(15-12-23)45-25-7-3-4-8-25/h5-6,9-15,17,24-25,28,31,33,45H,3-4,7-8,16,18-20H2,1-2H3,(H,46,49). The number of alkyl halides is 6. The van der Waals surface area contributed by atoms with Gasteiger partial charge in [-0.15, -0.1) is 0 Å². The van der Waals surface area contributed by atoms with Gasteiger partial charge in [-0.05, 0) is 86.1 Å². The zero-order chi connectivity index (χ0) is 36.0. The molecule has 3 aliphatic rings. The maximum atomic E-state index is 15.4. The number of nitrogens with zero attached hydrogens (tertiary/aromatic N) is 2. The molecule has 0 spiro atoms. The van der Waals surface area contributed by atoms with Crippen molar-refractivity contribution in [2.45, 2.75) is 76.4 Å². The molecule has 0 aromatic heterocycles. The Kier molecular flexibility index (Phi) is 9.91. The highest BCUT2D eigenvalue weighted by Crippen LogP contribution is 2.47. The molecule has 2 heterocycles. The monoisotopic (exact) mass is 704 g/mol. The molecule has 2 saturated heterocycles. The first kappa shape index (κ1) is 35.7. The van der Waals surface area contributed by atoms with E-state index >= 15 is 4.39 Å². The third kappa shape index (κ3) is 7.62. The van der Waals surface area contributed by atoms with Crippen LogP contribution >= 0.6 is 0 Å². The van der Waals surface area contributed by atoms with Crippen molar-refractivity contribution in [3.8, 4) is 0 Å². The van der Waals surface area contributed by atoms with E-state index in [9.17, 15) is 35.9 Å². The number of hydrogen-bond acceptors (Lipinski definition) is 4. The van der Waals surface area contributed by atoms with Crippen LogP contribution in [0.2, 0.25) is 0 Å². The summed E-state index contributed by atoms with van der Waals surface area (Å²) in [6, 6.07) is 13.1. The van der Waals surface area contributed by atoms with Crippen molar-refractivity contribution in [3.05, 3.63) is 94.3 Å². The van der Waals surface area contributed by atoms with Gasteiger partial charge in [-0.1, -0.05) is 43.2 Å². The second-order valence-electron chi connectivity index (χ2n) is 13.8. The molecule has 0 radical (unpaired) electrons. The fraction of sp³-hybridized carbons (Fsp3) is 0.459. The van der Waals surface area contributed by atoms with Gasteiger partial charge in [-0.3, -0.25) is 14.5 Å². The van der Waals surface area contributed by atoms with Crippen molar-refractivity contribution >= 4 is 23.2 Å². The number of rotatable bonds is 7. The molecule has 13 heteroatoms. The molecule has 2 amide bonds. The molecule has 50 heavy (non-hydrogen) atoms. The highest BCUT2D eigenvalue weighted by atomic mass is 19.4. The molecule has 268 valence electrons. The van der Waals surface area contributed by atoms with Crippen LogP contribution in [0.3, 0.4) is 0 Å². The lowest BCUT2D eigenvalue weighted by atomic mass is 9.76. The molecule has 6 nitrogen and oxygen atoms in total. The van der Waals surface area contributed by atoms with Crippen LogP contribution in [0.4, 0.5) is 42.1 Å². The smallest absolute Gasteiger partial charge is 0.382 e. The summed E-state index contributed by atoms with van der Waals surface area (Å²) < 4.78 is 97.5. The number of hydrogen-bond donors (Lipinski definition) is 2. The average Bonchev–Trinajstić information content (AvgIpc) is 3.69. The van der Waals surface area contributed by atoms with Crippen LogP contribution in [0, 0.1) is 31.5 Å². The van der Waals surface area contributed by atoms with Crippen molar-refractivity contribution in [1.82, 2.24) is 9.80 Å². The van der Waals surface area contributed by atoms with Crippen molar-refractivity contribution in [2.75, 3.05) is 30.3 Å². The summed E-state index contributed by atoms with van der Waals surface area (Å²) in [5, 5.41) is 6.09. The number of piperidine rings is 1. The minimum Gasteiger partial charge on any atom is -0.382 e. The Balaban J connectivity index is 1.43. The van der Waals surface area contributed by atoms with Crippen molar-refractivity contribution in [2.24, 2.45) is 11.8 Å². The van der Waals surface area contributed by atoms with E-state index in [0.717, 1.165) is 43.5 Å². The van der Waals surface area contributed by atoms with E-state index in [-0.39, 0.29) is 36.3 Å². The summed E-state index contributed by atoms with van der Waals surface area (Å²) in [5.41, 5.74) is 0.306. The summed E-state index contributed by atoms with van der Waals surface area (Å²) in [7, 11) is 0. The predicted octanol–water partition coefficient (Wildman–Crippen LogP) is 8.52. The number of anilines is 2. The molecule has 0 bridgehead atoms. The fourth-order valence-electron chi connectivity index (χ4n) is 8.00. The Hall–Kier alpha value is -4.13. The van der Waals surface area contributed by atoms with Crippen LogP contribution in [0.25, 0.3) is 0 Å². The molecule has 6 rings (SSSR count). The number of aryl methyl sites for hydroxylation is 2. The Morgan fingerprint density at radius 2 is 1.54 bits per heavy atom. The maximum Gasteiger partial charge on any atom is 0.416 e. The molecule has 2 aliphatic heterocycles. The van der Waals surface area contributed by atoms with Gasteiger partial charge >= 0.3 is 12.4 Å². The third-order valence-electron chi connectivity index (χ3n) is 10.3. The Morgan fingerprint density at radius 1 is 0.860 bits per heavy atom. The van der Waals surface area contributed by atoms with Gasteiger partial charge in [0.25, 0.3) is 5.91 Å². The first-order chi connectivity index (χ1) is 23.6. The number of amides is 2. The van der Waals surface area contributed by atoms with Crippen molar-refractivity contribution in [3.63, 3.8) is 0 Å². The molecular formula is C37H39F7N4O2. The Labute approximate surface area is 286 Å². The van der Waals surface area contributed by atoms with Gasteiger partial charge < -0.3 is 15.5 Å². The summed E-state index contributed by atoms with van der Waals surface area (Å²) >= 11 is 0. The molecule has 3 aromatic carbocycles. The number of carbonyl (C=O) groups excluding carboxylic acids is 2. The first-order valence-electron chi connectivity index (χ1n) is 16.8. The second-order valence-corrected chi connectivity index (χ2v) is 13.8. The maximum absolute atomic E-state index is 15.4. The van der Waals surface area contributed by atoms with E-state index < -0.39 is 66.0 Å². The minimum atomic E-state index is -4.67. The van der Waals surface area contributed by atoms with Gasteiger partial charge in [-0.2, -0.15) is 26.3 Å². The van der Waals surface area contributed by atoms with Crippen LogP contribution < -0.4 is 10.6 Å². The largest absolute Gasteiger partial charge is 0.416 e. The molecule has 4 unspecified atom stereocenters. The number of halogens is 7. The number of benzene rings is 3. The summed E-state index contributed by atoms with van der Waals surface area (Å²) in [6.45, 7) is 1.40. The van der Waals surface area contributed by atoms with Crippen LogP contribution in [-0.2, 0) is 11.0 Å². The van der Waals surface area contributed by atoms with Gasteiger partial charge in [0.05, 0.1) is 29.6 Å². The van der Waals surface area contributed by atoms with Gasteiger partial charge in [-0.25, -0.2) is 4.39 Å². The van der Waals surface area contributed by atoms with E-state index in [1.165, 1.54) is 34.9 Å². The first-order valence-corrected chi connectivity index (χ1v) is 16.8. The summed E-state index contributed by atoms with van der Waals surface area (Å²) in [4.78, 5) is 31.3.